The fourth-order valence-corrected chi connectivity index (χ4v) is 4.78. The van der Waals surface area contributed by atoms with E-state index in [9.17, 15) is 24.0 Å². The van der Waals surface area contributed by atoms with Crippen LogP contribution in [0.15, 0.2) is 54.9 Å². The Balaban J connectivity index is 1.60. The van der Waals surface area contributed by atoms with Crippen LogP contribution in [0.1, 0.15) is 47.2 Å². The minimum atomic E-state index is -1.53. The van der Waals surface area contributed by atoms with Crippen LogP contribution in [-0.4, -0.2) is 71.7 Å². The van der Waals surface area contributed by atoms with Crippen LogP contribution in [-0.2, 0) is 35.0 Å². The van der Waals surface area contributed by atoms with Gasteiger partial charge in [-0.2, -0.15) is 0 Å². The Morgan fingerprint density at radius 2 is 1.79 bits per heavy atom. The van der Waals surface area contributed by atoms with E-state index >= 15 is 0 Å². The second kappa shape index (κ2) is 15.7. The van der Waals surface area contributed by atoms with E-state index < -0.39 is 72.2 Å². The van der Waals surface area contributed by atoms with Crippen molar-refractivity contribution >= 4 is 53.0 Å². The van der Waals surface area contributed by atoms with Gasteiger partial charge in [0, 0.05) is 18.5 Å². The Bertz CT molecular complexity index is 1650. The van der Waals surface area contributed by atoms with Crippen LogP contribution in [0.3, 0.4) is 0 Å². The monoisotopic (exact) mass is 687 g/mol. The Morgan fingerprint density at radius 3 is 2.45 bits per heavy atom. The fourth-order valence-electron chi connectivity index (χ4n) is 4.51. The van der Waals surface area contributed by atoms with Crippen molar-refractivity contribution in [3.63, 3.8) is 0 Å². The van der Waals surface area contributed by atoms with Crippen LogP contribution in [0, 0.1) is 11.8 Å². The van der Waals surface area contributed by atoms with Gasteiger partial charge < -0.3 is 29.0 Å². The number of benzene rings is 1. The lowest BCUT2D eigenvalue weighted by Gasteiger charge is -2.29. The third-order valence-electron chi connectivity index (χ3n) is 7.00. The molecule has 1 aliphatic rings. The molecule has 248 valence electrons. The highest BCUT2D eigenvalue weighted by Gasteiger charge is 2.42. The average molecular weight is 689 g/mol. The van der Waals surface area contributed by atoms with Crippen molar-refractivity contribution in [2.24, 2.45) is 11.8 Å². The van der Waals surface area contributed by atoms with Gasteiger partial charge in [-0.25, -0.2) is 19.6 Å². The zero-order valence-corrected chi connectivity index (χ0v) is 27.2. The summed E-state index contributed by atoms with van der Waals surface area (Å²) in [5.41, 5.74) is 0.226. The maximum absolute atomic E-state index is 13.5. The molecular weight excluding hydrogens is 657 g/mol. The second-order valence-electron chi connectivity index (χ2n) is 10.7. The lowest BCUT2D eigenvalue weighted by molar-refractivity contribution is -0.176. The van der Waals surface area contributed by atoms with E-state index in [1.807, 2.05) is 6.07 Å². The van der Waals surface area contributed by atoms with Gasteiger partial charge in [0.2, 0.25) is 5.75 Å². The molecule has 2 aromatic heterocycles. The summed E-state index contributed by atoms with van der Waals surface area (Å²) in [6, 6.07) is 10.0. The molecule has 1 saturated heterocycles. The molecule has 15 heteroatoms. The molecule has 0 spiro atoms. The van der Waals surface area contributed by atoms with Crippen LogP contribution in [0.4, 0.5) is 0 Å². The summed E-state index contributed by atoms with van der Waals surface area (Å²) in [7, 11) is 1.28. The Morgan fingerprint density at radius 1 is 1.06 bits per heavy atom. The number of aromatic nitrogens is 2. The van der Waals surface area contributed by atoms with E-state index in [1.165, 1.54) is 32.4 Å². The van der Waals surface area contributed by atoms with Gasteiger partial charge >= 0.3 is 23.9 Å². The zero-order chi connectivity index (χ0) is 34.2. The van der Waals surface area contributed by atoms with E-state index in [1.54, 1.807) is 38.1 Å². The zero-order valence-electron chi connectivity index (χ0n) is 25.7. The Kier molecular flexibility index (Phi) is 11.7. The van der Waals surface area contributed by atoms with E-state index in [0.29, 0.717) is 0 Å². The topological polar surface area (TPSA) is 169 Å². The number of carbonyl (C=O) groups excluding carboxylic acids is 5. The van der Waals surface area contributed by atoms with Crippen molar-refractivity contribution in [1.29, 1.82) is 0 Å². The molecule has 0 aliphatic carbocycles. The largest absolute Gasteiger partial charge is 0.493 e. The van der Waals surface area contributed by atoms with E-state index in [-0.39, 0.29) is 33.7 Å². The minimum Gasteiger partial charge on any atom is -0.493 e. The molecule has 1 fully saturated rings. The molecule has 47 heavy (non-hydrogen) atoms. The first-order valence-electron chi connectivity index (χ1n) is 14.4. The van der Waals surface area contributed by atoms with Crippen molar-refractivity contribution in [2.45, 2.75) is 45.4 Å². The molecule has 0 unspecified atom stereocenters. The number of esters is 4. The molecular formula is C32H31Cl2N3O10. The highest BCUT2D eigenvalue weighted by Crippen LogP contribution is 2.31. The first-order chi connectivity index (χ1) is 22.4. The summed E-state index contributed by atoms with van der Waals surface area (Å²) in [6.07, 6.45) is 0.148. The molecule has 13 nitrogen and oxygen atoms in total. The van der Waals surface area contributed by atoms with Gasteiger partial charge in [-0.1, -0.05) is 67.4 Å². The van der Waals surface area contributed by atoms with Crippen LogP contribution in [0.25, 0.3) is 0 Å². The van der Waals surface area contributed by atoms with Gasteiger partial charge in [0.25, 0.3) is 5.91 Å². The van der Waals surface area contributed by atoms with Crippen LogP contribution in [0.2, 0.25) is 10.2 Å². The summed E-state index contributed by atoms with van der Waals surface area (Å²) < 4.78 is 27.5. The van der Waals surface area contributed by atoms with Crippen LogP contribution >= 0.6 is 23.2 Å². The first-order valence-corrected chi connectivity index (χ1v) is 15.1. The van der Waals surface area contributed by atoms with Gasteiger partial charge in [-0.15, -0.1) is 0 Å². The number of hydrogen-bond donors (Lipinski definition) is 1. The number of amides is 1. The molecule has 3 aromatic rings. The highest BCUT2D eigenvalue weighted by molar-refractivity contribution is 6.41. The van der Waals surface area contributed by atoms with Crippen LogP contribution in [0.5, 0.6) is 11.5 Å². The minimum absolute atomic E-state index is 0.00746. The number of pyridine rings is 2. The molecule has 4 atom stereocenters. The predicted octanol–water partition coefficient (Wildman–Crippen LogP) is 4.02. The van der Waals surface area contributed by atoms with Crippen molar-refractivity contribution < 1.29 is 47.7 Å². The number of ether oxygens (including phenoxy) is 5. The summed E-state index contributed by atoms with van der Waals surface area (Å²) in [4.78, 5) is 73.7. The molecule has 1 aliphatic heterocycles. The van der Waals surface area contributed by atoms with Gasteiger partial charge in [0.1, 0.15) is 23.8 Å². The van der Waals surface area contributed by atoms with Crippen molar-refractivity contribution in [3.8, 4) is 11.5 Å². The standard InChI is InChI=1S/C32H31Cl2N3O10/c1-16(2)29(39)46-25-17(3)45-32(42)22(15-44-31(41)20(25)12-18-8-6-5-7-9-18)37-28(38)24-26(23(43-4)10-11-35-24)47-30(40)19-13-21(33)27(34)36-14-19/h5-11,13-14,16-17,20,22,25H,12,15H2,1-4H3,(H,37,38)/t17-,20+,22-,25-/m0/s1. The maximum Gasteiger partial charge on any atom is 0.345 e. The van der Waals surface area contributed by atoms with E-state index in [4.69, 9.17) is 46.9 Å². The first kappa shape index (κ1) is 35.1. The number of methoxy groups -OCH3 is 1. The third kappa shape index (κ3) is 8.74. The average Bonchev–Trinajstić information content (AvgIpc) is 3.08. The normalized spacial score (nSPS) is 19.7. The fraction of sp³-hybridized carbons (Fsp3) is 0.344. The summed E-state index contributed by atoms with van der Waals surface area (Å²) in [6.45, 7) is 4.11. The molecule has 0 saturated carbocycles. The molecule has 3 heterocycles. The number of cyclic esters (lactones) is 2. The molecule has 1 amide bonds. The second-order valence-corrected chi connectivity index (χ2v) is 11.5. The summed E-state index contributed by atoms with van der Waals surface area (Å²) in [5.74, 6) is -6.30. The molecule has 0 radical (unpaired) electrons. The van der Waals surface area contributed by atoms with Gasteiger partial charge in [-0.3, -0.25) is 14.4 Å². The van der Waals surface area contributed by atoms with Crippen molar-refractivity contribution in [1.82, 2.24) is 15.3 Å². The van der Waals surface area contributed by atoms with Gasteiger partial charge in [0.15, 0.2) is 23.6 Å². The number of nitrogens with one attached hydrogen (secondary N) is 1. The van der Waals surface area contributed by atoms with Gasteiger partial charge in [-0.05, 0) is 25.0 Å². The van der Waals surface area contributed by atoms with Crippen molar-refractivity contribution in [2.75, 3.05) is 13.7 Å². The molecule has 0 bridgehead atoms. The Labute approximate surface area is 279 Å². The maximum atomic E-state index is 13.5. The Hall–Kier alpha value is -4.75. The molecule has 1 N–H and O–H groups in total. The number of carbonyl (C=O) groups is 5. The van der Waals surface area contributed by atoms with E-state index in [2.05, 4.69) is 15.3 Å². The number of nitrogens with zero attached hydrogens (tertiary/aromatic N) is 2. The third-order valence-corrected chi connectivity index (χ3v) is 7.68. The quantitative estimate of drug-likeness (QED) is 0.195. The molecule has 1 aromatic carbocycles. The van der Waals surface area contributed by atoms with E-state index in [0.717, 1.165) is 11.8 Å². The summed E-state index contributed by atoms with van der Waals surface area (Å²) >= 11 is 11.8. The predicted molar refractivity (Wildman–Crippen MR) is 166 cm³/mol. The van der Waals surface area contributed by atoms with Crippen LogP contribution < -0.4 is 14.8 Å². The summed E-state index contributed by atoms with van der Waals surface area (Å²) in [5, 5.41) is 2.38. The SMILES string of the molecule is COc1ccnc(C(=O)N[C@H]2COC(=O)[C@H](Cc3ccccc3)[C@@H](OC(=O)C(C)C)[C@H](C)OC2=O)c1OC(=O)c1cnc(Cl)c(Cl)c1. The number of rotatable bonds is 9. The smallest absolute Gasteiger partial charge is 0.345 e. The lowest BCUT2D eigenvalue weighted by atomic mass is 9.91. The highest BCUT2D eigenvalue weighted by atomic mass is 35.5. The van der Waals surface area contributed by atoms with Crippen molar-refractivity contribution in [3.05, 3.63) is 81.9 Å². The number of halogens is 2. The number of hydrogen-bond acceptors (Lipinski definition) is 12. The lowest BCUT2D eigenvalue weighted by Crippen LogP contribution is -2.47. The van der Waals surface area contributed by atoms with Gasteiger partial charge in [0.05, 0.1) is 23.6 Å². The molecule has 4 rings (SSSR count).